The first-order valence-corrected chi connectivity index (χ1v) is 8.04. The van der Waals surface area contributed by atoms with Crippen LogP contribution < -0.4 is 14.8 Å². The van der Waals surface area contributed by atoms with Crippen molar-refractivity contribution in [1.82, 2.24) is 10.3 Å². The maximum absolute atomic E-state index is 12.0. The van der Waals surface area contributed by atoms with E-state index in [0.29, 0.717) is 11.4 Å². The van der Waals surface area contributed by atoms with E-state index in [1.807, 2.05) is 0 Å². The molecular weight excluding hydrogens is 377 g/mol. The number of benzene rings is 1. The van der Waals surface area contributed by atoms with E-state index in [9.17, 15) is 22.8 Å². The highest BCUT2D eigenvalue weighted by atomic mass is 32.1. The molecule has 1 heterocycles. The number of hydrogen-bond donors (Lipinski definition) is 2. The van der Waals surface area contributed by atoms with E-state index in [2.05, 4.69) is 15.0 Å². The van der Waals surface area contributed by atoms with Gasteiger partial charge in [-0.25, -0.2) is 9.78 Å². The van der Waals surface area contributed by atoms with Crippen LogP contribution in [0.15, 0.2) is 29.6 Å². The van der Waals surface area contributed by atoms with Gasteiger partial charge in [-0.2, -0.15) is 0 Å². The number of nitrogens with one attached hydrogen (secondary N) is 1. The number of ether oxygens (including phenoxy) is 2. The van der Waals surface area contributed by atoms with E-state index in [4.69, 9.17) is 9.84 Å². The lowest BCUT2D eigenvalue weighted by Gasteiger charge is -2.10. The van der Waals surface area contributed by atoms with Crippen molar-refractivity contribution in [2.75, 3.05) is 13.2 Å². The number of aromatic carboxylic acids is 1. The smallest absolute Gasteiger partial charge is 0.484 e. The van der Waals surface area contributed by atoms with Crippen LogP contribution in [0.5, 0.6) is 11.5 Å². The molecule has 0 aliphatic carbocycles. The number of halogens is 3. The lowest BCUT2D eigenvalue weighted by atomic mass is 10.3. The SMILES string of the molecule is O=C(COc1ccc(OC(F)(F)F)cc1)NCCc1nc(C(=O)O)cs1. The molecule has 140 valence electrons. The van der Waals surface area contributed by atoms with Gasteiger partial charge >= 0.3 is 12.3 Å². The molecule has 7 nitrogen and oxygen atoms in total. The normalized spacial score (nSPS) is 11.0. The van der Waals surface area contributed by atoms with Gasteiger partial charge < -0.3 is 19.9 Å². The topological polar surface area (TPSA) is 97.8 Å². The minimum atomic E-state index is -4.77. The lowest BCUT2D eigenvalue weighted by Crippen LogP contribution is -2.30. The van der Waals surface area contributed by atoms with E-state index < -0.39 is 24.0 Å². The van der Waals surface area contributed by atoms with Gasteiger partial charge in [0.2, 0.25) is 0 Å². The molecule has 0 spiro atoms. The quantitative estimate of drug-likeness (QED) is 0.719. The third-order valence-electron chi connectivity index (χ3n) is 2.86. The number of thiazole rings is 1. The molecule has 1 aromatic carbocycles. The highest BCUT2D eigenvalue weighted by molar-refractivity contribution is 7.09. The Morgan fingerprint density at radius 3 is 2.42 bits per heavy atom. The Labute approximate surface area is 149 Å². The fraction of sp³-hybridized carbons (Fsp3) is 0.267. The summed E-state index contributed by atoms with van der Waals surface area (Å²) in [5.41, 5.74) is -0.0439. The van der Waals surface area contributed by atoms with E-state index in [1.165, 1.54) is 28.8 Å². The molecule has 1 amide bonds. The van der Waals surface area contributed by atoms with Crippen molar-refractivity contribution >= 4 is 23.2 Å². The van der Waals surface area contributed by atoms with Gasteiger partial charge in [0, 0.05) is 18.3 Å². The number of rotatable bonds is 8. The van der Waals surface area contributed by atoms with E-state index in [0.717, 1.165) is 12.1 Å². The van der Waals surface area contributed by atoms with Crippen molar-refractivity contribution in [3.8, 4) is 11.5 Å². The molecule has 2 N–H and O–H groups in total. The van der Waals surface area contributed by atoms with Crippen molar-refractivity contribution in [3.63, 3.8) is 0 Å². The predicted octanol–water partition coefficient (Wildman–Crippen LogP) is 2.48. The largest absolute Gasteiger partial charge is 0.573 e. The standard InChI is InChI=1S/C15H13F3N2O5S/c16-15(17,18)25-10-3-1-9(2-4-10)24-7-12(21)19-6-5-13-20-11(8-26-13)14(22)23/h1-4,8H,5-7H2,(H,19,21)(H,22,23). The molecule has 1 aromatic heterocycles. The monoisotopic (exact) mass is 390 g/mol. The summed E-state index contributed by atoms with van der Waals surface area (Å²) in [6.07, 6.45) is -4.40. The highest BCUT2D eigenvalue weighted by Gasteiger charge is 2.30. The van der Waals surface area contributed by atoms with E-state index >= 15 is 0 Å². The molecule has 0 atom stereocenters. The summed E-state index contributed by atoms with van der Waals surface area (Å²) < 4.78 is 45.0. The van der Waals surface area contributed by atoms with Crippen molar-refractivity contribution in [1.29, 1.82) is 0 Å². The van der Waals surface area contributed by atoms with Crippen LogP contribution in [0.4, 0.5) is 13.2 Å². The molecule has 0 fully saturated rings. The first kappa shape index (κ1) is 19.5. The van der Waals surface area contributed by atoms with Crippen molar-refractivity contribution < 1.29 is 37.3 Å². The molecule has 0 aliphatic rings. The first-order valence-electron chi connectivity index (χ1n) is 7.16. The molecular formula is C15H13F3N2O5S. The number of hydrogen-bond acceptors (Lipinski definition) is 6. The summed E-state index contributed by atoms with van der Waals surface area (Å²) >= 11 is 1.18. The van der Waals surface area contributed by atoms with E-state index in [1.54, 1.807) is 0 Å². The molecule has 26 heavy (non-hydrogen) atoms. The average Bonchev–Trinajstić information content (AvgIpc) is 3.02. The van der Waals surface area contributed by atoms with Gasteiger partial charge in [-0.05, 0) is 24.3 Å². The second-order valence-corrected chi connectivity index (χ2v) is 5.78. The number of aromatic nitrogens is 1. The van der Waals surface area contributed by atoms with Gasteiger partial charge in [-0.15, -0.1) is 24.5 Å². The minimum Gasteiger partial charge on any atom is -0.484 e. The van der Waals surface area contributed by atoms with Gasteiger partial charge in [0.05, 0.1) is 5.01 Å². The van der Waals surface area contributed by atoms with Crippen LogP contribution in [0, 0.1) is 0 Å². The van der Waals surface area contributed by atoms with Crippen LogP contribution >= 0.6 is 11.3 Å². The number of carboxylic acids is 1. The summed E-state index contributed by atoms with van der Waals surface area (Å²) in [6, 6.07) is 4.64. The Bertz CT molecular complexity index is 761. The molecule has 0 saturated heterocycles. The van der Waals surface area contributed by atoms with Gasteiger partial charge in [-0.1, -0.05) is 0 Å². The molecule has 0 saturated carbocycles. The van der Waals surface area contributed by atoms with Gasteiger partial charge in [0.1, 0.15) is 11.5 Å². The van der Waals surface area contributed by atoms with Gasteiger partial charge in [-0.3, -0.25) is 4.79 Å². The summed E-state index contributed by atoms with van der Waals surface area (Å²) in [7, 11) is 0. The van der Waals surface area contributed by atoms with Crippen molar-refractivity contribution in [3.05, 3.63) is 40.3 Å². The van der Waals surface area contributed by atoms with Crippen molar-refractivity contribution in [2.45, 2.75) is 12.8 Å². The molecule has 0 bridgehead atoms. The number of carboxylic acid groups (broad SMARTS) is 1. The number of nitrogens with zero attached hydrogens (tertiary/aromatic N) is 1. The van der Waals surface area contributed by atoms with Gasteiger partial charge in [0.15, 0.2) is 12.3 Å². The molecule has 0 aliphatic heterocycles. The molecule has 11 heteroatoms. The summed E-state index contributed by atoms with van der Waals surface area (Å²) in [5.74, 6) is -1.73. The Balaban J connectivity index is 1.70. The van der Waals surface area contributed by atoms with E-state index in [-0.39, 0.29) is 24.6 Å². The number of carbonyl (C=O) groups excluding carboxylic acids is 1. The maximum Gasteiger partial charge on any atom is 0.573 e. The number of amides is 1. The Morgan fingerprint density at radius 2 is 1.85 bits per heavy atom. The summed E-state index contributed by atoms with van der Waals surface area (Å²) in [4.78, 5) is 26.2. The Hall–Kier alpha value is -2.82. The summed E-state index contributed by atoms with van der Waals surface area (Å²) in [5, 5.41) is 13.3. The fourth-order valence-corrected chi connectivity index (χ4v) is 2.54. The minimum absolute atomic E-state index is 0.0439. The zero-order chi connectivity index (χ0) is 19.2. The number of alkyl halides is 3. The molecule has 0 radical (unpaired) electrons. The second-order valence-electron chi connectivity index (χ2n) is 4.84. The summed E-state index contributed by atoms with van der Waals surface area (Å²) in [6.45, 7) is -0.0785. The lowest BCUT2D eigenvalue weighted by molar-refractivity contribution is -0.274. The Morgan fingerprint density at radius 1 is 1.19 bits per heavy atom. The third kappa shape index (κ3) is 6.59. The van der Waals surface area contributed by atoms with Crippen LogP contribution in [-0.4, -0.2) is 41.5 Å². The third-order valence-corrected chi connectivity index (χ3v) is 3.77. The fourth-order valence-electron chi connectivity index (χ4n) is 1.77. The highest BCUT2D eigenvalue weighted by Crippen LogP contribution is 2.24. The van der Waals surface area contributed by atoms with Crippen LogP contribution in [0.2, 0.25) is 0 Å². The number of carbonyl (C=O) groups is 2. The van der Waals surface area contributed by atoms with Crippen molar-refractivity contribution in [2.24, 2.45) is 0 Å². The zero-order valence-electron chi connectivity index (χ0n) is 13.1. The van der Waals surface area contributed by atoms with Crippen LogP contribution in [0.1, 0.15) is 15.5 Å². The second kappa shape index (κ2) is 8.52. The maximum atomic E-state index is 12.0. The van der Waals surface area contributed by atoms with Crippen LogP contribution in [-0.2, 0) is 11.2 Å². The average molecular weight is 390 g/mol. The van der Waals surface area contributed by atoms with Crippen LogP contribution in [0.3, 0.4) is 0 Å². The first-order chi connectivity index (χ1) is 12.2. The predicted molar refractivity (Wildman–Crippen MR) is 84.4 cm³/mol. The molecule has 2 rings (SSSR count). The van der Waals surface area contributed by atoms with Crippen LogP contribution in [0.25, 0.3) is 0 Å². The Kier molecular flexibility index (Phi) is 6.39. The zero-order valence-corrected chi connectivity index (χ0v) is 13.9. The van der Waals surface area contributed by atoms with Gasteiger partial charge in [0.25, 0.3) is 5.91 Å². The molecule has 0 unspecified atom stereocenters. The molecule has 2 aromatic rings.